The van der Waals surface area contributed by atoms with Gasteiger partial charge in [-0.3, -0.25) is 19.2 Å². The van der Waals surface area contributed by atoms with Crippen LogP contribution in [-0.4, -0.2) is 34.1 Å². The summed E-state index contributed by atoms with van der Waals surface area (Å²) in [6.45, 7) is 0. The fourth-order valence-corrected chi connectivity index (χ4v) is 2.13. The fourth-order valence-electron chi connectivity index (χ4n) is 2.13. The van der Waals surface area contributed by atoms with Crippen molar-refractivity contribution in [1.82, 2.24) is 0 Å². The van der Waals surface area contributed by atoms with Crippen LogP contribution in [0.4, 0.5) is 0 Å². The molecule has 0 bridgehead atoms. The van der Waals surface area contributed by atoms with Crippen LogP contribution in [0.5, 0.6) is 0 Å². The van der Waals surface area contributed by atoms with E-state index in [0.717, 1.165) is 0 Å². The quantitative estimate of drug-likeness (QED) is 0.440. The molecule has 2 N–H and O–H groups in total. The van der Waals surface area contributed by atoms with E-state index >= 15 is 0 Å². The number of rotatable bonds is 2. The second-order valence-corrected chi connectivity index (χ2v) is 3.61. The summed E-state index contributed by atoms with van der Waals surface area (Å²) in [4.78, 5) is 43.7. The van der Waals surface area contributed by atoms with E-state index in [-0.39, 0.29) is 6.42 Å². The van der Waals surface area contributed by atoms with Crippen molar-refractivity contribution >= 4 is 23.9 Å². The number of fused-ring (bicyclic) bond motifs is 1. The molecule has 1 saturated carbocycles. The highest BCUT2D eigenvalue weighted by molar-refractivity contribution is 6.11. The highest BCUT2D eigenvalue weighted by Crippen LogP contribution is 2.55. The average Bonchev–Trinajstić information content (AvgIpc) is 2.19. The number of carbonyl (C=O) groups is 4. The maximum atomic E-state index is 11.1. The molecular weight excluding hydrogens is 208 g/mol. The number of carboxylic acid groups (broad SMARTS) is 2. The molecule has 2 fully saturated rings. The van der Waals surface area contributed by atoms with Gasteiger partial charge in [-0.2, -0.15) is 0 Å². The van der Waals surface area contributed by atoms with Crippen LogP contribution in [0.15, 0.2) is 0 Å². The van der Waals surface area contributed by atoms with Crippen molar-refractivity contribution in [2.45, 2.75) is 6.42 Å². The molecule has 1 aliphatic heterocycles. The normalized spacial score (nSPS) is 31.5. The van der Waals surface area contributed by atoms with Crippen molar-refractivity contribution in [2.24, 2.45) is 17.3 Å². The van der Waals surface area contributed by atoms with Gasteiger partial charge in [0.2, 0.25) is 0 Å². The smallest absolute Gasteiger partial charge is 0.322 e. The third kappa shape index (κ3) is 0.893. The molecule has 1 heterocycles. The van der Waals surface area contributed by atoms with E-state index in [1.165, 1.54) is 0 Å². The first-order valence-electron chi connectivity index (χ1n) is 4.13. The average molecular weight is 214 g/mol. The number of aliphatic carboxylic acids is 2. The number of carbonyl (C=O) groups excluding carboxylic acids is 2. The summed E-state index contributed by atoms with van der Waals surface area (Å²) in [5.41, 5.74) is -2.19. The number of esters is 2. The summed E-state index contributed by atoms with van der Waals surface area (Å²) in [5.74, 6) is -7.39. The van der Waals surface area contributed by atoms with Gasteiger partial charge >= 0.3 is 23.9 Å². The van der Waals surface area contributed by atoms with Crippen molar-refractivity contribution < 1.29 is 34.1 Å². The van der Waals surface area contributed by atoms with E-state index in [1.807, 2.05) is 0 Å². The van der Waals surface area contributed by atoms with E-state index in [1.54, 1.807) is 0 Å². The standard InChI is InChI=1S/C8H6O7/c9-4-2-1-8(6(11)12,7(13)14)3(2)5(10)15-4/h2-3H,1H2,(H,11,12)(H,13,14). The number of hydrogen-bond donors (Lipinski definition) is 2. The van der Waals surface area contributed by atoms with Gasteiger partial charge in [0.05, 0.1) is 11.8 Å². The molecule has 0 aromatic rings. The number of carboxylic acids is 2. The van der Waals surface area contributed by atoms with Gasteiger partial charge in [-0.1, -0.05) is 0 Å². The Hall–Kier alpha value is -1.92. The lowest BCUT2D eigenvalue weighted by Crippen LogP contribution is -2.59. The summed E-state index contributed by atoms with van der Waals surface area (Å²) < 4.78 is 4.20. The number of cyclic esters (lactones) is 2. The molecular formula is C8H6O7. The van der Waals surface area contributed by atoms with Crippen LogP contribution >= 0.6 is 0 Å². The Labute approximate surface area is 82.6 Å². The Balaban J connectivity index is 2.42. The topological polar surface area (TPSA) is 118 Å². The third-order valence-electron chi connectivity index (χ3n) is 3.00. The van der Waals surface area contributed by atoms with E-state index in [0.29, 0.717) is 0 Å². The number of hydrogen-bond acceptors (Lipinski definition) is 5. The second-order valence-electron chi connectivity index (χ2n) is 3.61. The Morgan fingerprint density at radius 2 is 1.73 bits per heavy atom. The van der Waals surface area contributed by atoms with E-state index in [4.69, 9.17) is 10.2 Å². The molecule has 2 unspecified atom stereocenters. The minimum absolute atomic E-state index is 0.382. The summed E-state index contributed by atoms with van der Waals surface area (Å²) in [5, 5.41) is 17.6. The Morgan fingerprint density at radius 3 is 2.13 bits per heavy atom. The second kappa shape index (κ2) is 2.56. The van der Waals surface area contributed by atoms with Crippen LogP contribution in [0.25, 0.3) is 0 Å². The molecule has 0 aromatic heterocycles. The first-order chi connectivity index (χ1) is 6.91. The molecule has 7 heteroatoms. The predicted molar refractivity (Wildman–Crippen MR) is 40.4 cm³/mol. The lowest BCUT2D eigenvalue weighted by atomic mass is 9.54. The maximum Gasteiger partial charge on any atom is 0.322 e. The molecule has 2 aliphatic rings. The van der Waals surface area contributed by atoms with Gasteiger partial charge in [0, 0.05) is 0 Å². The third-order valence-corrected chi connectivity index (χ3v) is 3.00. The molecule has 7 nitrogen and oxygen atoms in total. The molecule has 0 spiro atoms. The van der Waals surface area contributed by atoms with Gasteiger partial charge < -0.3 is 14.9 Å². The zero-order chi connectivity index (χ0) is 11.4. The fraction of sp³-hybridized carbons (Fsp3) is 0.500. The van der Waals surface area contributed by atoms with Crippen LogP contribution in [0, 0.1) is 17.3 Å². The van der Waals surface area contributed by atoms with E-state index in [9.17, 15) is 19.2 Å². The molecule has 1 aliphatic carbocycles. The van der Waals surface area contributed by atoms with Gasteiger partial charge in [0.15, 0.2) is 5.41 Å². The summed E-state index contributed by atoms with van der Waals surface area (Å²) in [6.07, 6.45) is -0.382. The van der Waals surface area contributed by atoms with Crippen LogP contribution in [-0.2, 0) is 23.9 Å². The Kier molecular flexibility index (Phi) is 1.64. The lowest BCUT2D eigenvalue weighted by Gasteiger charge is -2.40. The van der Waals surface area contributed by atoms with Crippen LogP contribution in [0.2, 0.25) is 0 Å². The van der Waals surface area contributed by atoms with Crippen molar-refractivity contribution in [2.75, 3.05) is 0 Å². The van der Waals surface area contributed by atoms with E-state index < -0.39 is 41.1 Å². The first kappa shape index (κ1) is 9.63. The maximum absolute atomic E-state index is 11.1. The van der Waals surface area contributed by atoms with Crippen molar-refractivity contribution in [1.29, 1.82) is 0 Å². The molecule has 80 valence electrons. The molecule has 1 saturated heterocycles. The number of ether oxygens (including phenoxy) is 1. The molecule has 0 radical (unpaired) electrons. The van der Waals surface area contributed by atoms with Gasteiger partial charge in [0.1, 0.15) is 0 Å². The molecule has 0 amide bonds. The van der Waals surface area contributed by atoms with Gasteiger partial charge in [0.25, 0.3) is 0 Å². The van der Waals surface area contributed by atoms with Crippen molar-refractivity contribution in [3.05, 3.63) is 0 Å². The first-order valence-corrected chi connectivity index (χ1v) is 4.13. The van der Waals surface area contributed by atoms with Crippen molar-refractivity contribution in [3.8, 4) is 0 Å². The van der Waals surface area contributed by atoms with Crippen LogP contribution in [0.3, 0.4) is 0 Å². The van der Waals surface area contributed by atoms with Crippen LogP contribution in [0.1, 0.15) is 6.42 Å². The monoisotopic (exact) mass is 214 g/mol. The summed E-state index contributed by atoms with van der Waals surface area (Å²) in [7, 11) is 0. The minimum Gasteiger partial charge on any atom is -0.480 e. The lowest BCUT2D eigenvalue weighted by molar-refractivity contribution is -0.186. The molecule has 0 aromatic carbocycles. The Bertz CT molecular complexity index is 382. The summed E-state index contributed by atoms with van der Waals surface area (Å²) >= 11 is 0. The van der Waals surface area contributed by atoms with Gasteiger partial charge in [-0.05, 0) is 6.42 Å². The molecule has 2 atom stereocenters. The highest BCUT2D eigenvalue weighted by atomic mass is 16.6. The Morgan fingerprint density at radius 1 is 1.20 bits per heavy atom. The molecule has 15 heavy (non-hydrogen) atoms. The minimum atomic E-state index is -2.19. The SMILES string of the molecule is O=C1OC(=O)C2C1CC2(C(=O)O)C(=O)O. The highest BCUT2D eigenvalue weighted by Gasteiger charge is 2.73. The molecule has 2 rings (SSSR count). The zero-order valence-electron chi connectivity index (χ0n) is 7.30. The van der Waals surface area contributed by atoms with E-state index in [2.05, 4.69) is 4.74 Å². The van der Waals surface area contributed by atoms with Gasteiger partial charge in [-0.25, -0.2) is 0 Å². The summed E-state index contributed by atoms with van der Waals surface area (Å²) in [6, 6.07) is 0. The van der Waals surface area contributed by atoms with Crippen molar-refractivity contribution in [3.63, 3.8) is 0 Å². The van der Waals surface area contributed by atoms with Crippen LogP contribution < -0.4 is 0 Å². The largest absolute Gasteiger partial charge is 0.480 e. The predicted octanol–water partition coefficient (Wildman–Crippen LogP) is -1.14. The van der Waals surface area contributed by atoms with Gasteiger partial charge in [-0.15, -0.1) is 0 Å². The zero-order valence-corrected chi connectivity index (χ0v) is 7.30.